The summed E-state index contributed by atoms with van der Waals surface area (Å²) in [5.74, 6) is -0.718. The number of carbonyl (C=O) groups excluding carboxylic acids is 2. The fourth-order valence-corrected chi connectivity index (χ4v) is 4.22. The molecule has 2 heterocycles. The quantitative estimate of drug-likeness (QED) is 0.514. The number of thiophene rings is 1. The molecule has 3 rings (SSSR count). The largest absolute Gasteiger partial charge is 0.496 e. The first-order valence-electron chi connectivity index (χ1n) is 9.57. The molecule has 1 aliphatic rings. The van der Waals surface area contributed by atoms with E-state index in [0.29, 0.717) is 0 Å². The van der Waals surface area contributed by atoms with Crippen LogP contribution in [0.4, 0.5) is 11.4 Å². The van der Waals surface area contributed by atoms with Crippen molar-refractivity contribution in [2.45, 2.75) is 32.4 Å². The fraction of sp³-hybridized carbons (Fsp3) is 0.400. The van der Waals surface area contributed by atoms with Gasteiger partial charge in [0.05, 0.1) is 17.6 Å². The van der Waals surface area contributed by atoms with E-state index in [9.17, 15) is 19.7 Å². The lowest BCUT2D eigenvalue weighted by Crippen LogP contribution is -2.44. The highest BCUT2D eigenvalue weighted by Crippen LogP contribution is 2.33. The summed E-state index contributed by atoms with van der Waals surface area (Å²) in [6.07, 6.45) is 1.59. The van der Waals surface area contributed by atoms with Crippen LogP contribution in [0.1, 0.15) is 35.0 Å². The van der Waals surface area contributed by atoms with Crippen LogP contribution in [0.25, 0.3) is 0 Å². The lowest BCUT2D eigenvalue weighted by atomic mass is 10.0. The van der Waals surface area contributed by atoms with Gasteiger partial charge in [0.1, 0.15) is 11.4 Å². The first kappa shape index (κ1) is 21.7. The minimum atomic E-state index is -0.634. The smallest absolute Gasteiger partial charge is 0.293 e. The average molecular weight is 433 g/mol. The van der Waals surface area contributed by atoms with Crippen LogP contribution in [0.2, 0.25) is 0 Å². The molecular weight excluding hydrogens is 408 g/mol. The number of hydrogen-bond acceptors (Lipinski definition) is 7. The average Bonchev–Trinajstić information content (AvgIpc) is 3.21. The van der Waals surface area contributed by atoms with Crippen LogP contribution in [0.3, 0.4) is 0 Å². The van der Waals surface area contributed by atoms with Crippen LogP contribution in [0, 0.1) is 10.1 Å². The number of amides is 2. The summed E-state index contributed by atoms with van der Waals surface area (Å²) in [6.45, 7) is 3.88. The van der Waals surface area contributed by atoms with E-state index >= 15 is 0 Å². The van der Waals surface area contributed by atoms with E-state index in [0.717, 1.165) is 38.5 Å². The summed E-state index contributed by atoms with van der Waals surface area (Å²) < 4.78 is 5.25. The molecule has 9 nitrogen and oxygen atoms in total. The van der Waals surface area contributed by atoms with Crippen molar-refractivity contribution in [2.75, 3.05) is 25.5 Å². The predicted octanol–water partition coefficient (Wildman–Crippen LogP) is 3.02. The van der Waals surface area contributed by atoms with Gasteiger partial charge in [-0.15, -0.1) is 11.3 Å². The number of anilines is 1. The third-order valence-corrected chi connectivity index (χ3v) is 5.81. The standard InChI is InChI=1S/C20H24N4O5S/c1-13(25)21-17-11-19(29-2)16(10-18(17)24(27)28)20(26)22-14-5-7-23(8-6-14)12-15-4-3-9-30-15/h3-4,9-11,14H,5-8,12H2,1-2H3,(H,21,25)(H,22,26). The Kier molecular flexibility index (Phi) is 7.01. The molecule has 2 N–H and O–H groups in total. The molecule has 160 valence electrons. The molecule has 1 aromatic carbocycles. The Morgan fingerprint density at radius 3 is 2.63 bits per heavy atom. The van der Waals surface area contributed by atoms with Crippen LogP contribution in [-0.2, 0) is 11.3 Å². The number of ether oxygens (including phenoxy) is 1. The molecule has 1 saturated heterocycles. The molecule has 10 heteroatoms. The summed E-state index contributed by atoms with van der Waals surface area (Å²) in [6, 6.07) is 6.58. The van der Waals surface area contributed by atoms with Crippen molar-refractivity contribution < 1.29 is 19.2 Å². The zero-order valence-corrected chi connectivity index (χ0v) is 17.7. The molecular formula is C20H24N4O5S. The van der Waals surface area contributed by atoms with Crippen LogP contribution < -0.4 is 15.4 Å². The molecule has 0 saturated carbocycles. The second-order valence-electron chi connectivity index (χ2n) is 7.11. The van der Waals surface area contributed by atoms with Crippen molar-refractivity contribution in [3.63, 3.8) is 0 Å². The van der Waals surface area contributed by atoms with Gasteiger partial charge in [0.15, 0.2) is 0 Å². The van der Waals surface area contributed by atoms with E-state index in [-0.39, 0.29) is 28.7 Å². The number of likely N-dealkylation sites (tertiary alicyclic amines) is 1. The van der Waals surface area contributed by atoms with E-state index in [2.05, 4.69) is 27.0 Å². The van der Waals surface area contributed by atoms with Crippen molar-refractivity contribution in [2.24, 2.45) is 0 Å². The number of hydrogen-bond donors (Lipinski definition) is 2. The molecule has 1 aromatic heterocycles. The number of rotatable bonds is 7. The fourth-order valence-electron chi connectivity index (χ4n) is 3.48. The Morgan fingerprint density at radius 1 is 1.33 bits per heavy atom. The van der Waals surface area contributed by atoms with E-state index in [1.54, 1.807) is 11.3 Å². The number of piperidine rings is 1. The number of nitro groups is 1. The van der Waals surface area contributed by atoms with Crippen molar-refractivity contribution in [1.29, 1.82) is 0 Å². The molecule has 30 heavy (non-hydrogen) atoms. The van der Waals surface area contributed by atoms with Gasteiger partial charge in [0.25, 0.3) is 11.6 Å². The van der Waals surface area contributed by atoms with Crippen LogP contribution >= 0.6 is 11.3 Å². The van der Waals surface area contributed by atoms with Crippen molar-refractivity contribution in [3.8, 4) is 5.75 Å². The maximum absolute atomic E-state index is 12.8. The van der Waals surface area contributed by atoms with Gasteiger partial charge in [0, 0.05) is 49.6 Å². The van der Waals surface area contributed by atoms with Gasteiger partial charge < -0.3 is 15.4 Å². The monoisotopic (exact) mass is 432 g/mol. The number of nitrogens with zero attached hydrogens (tertiary/aromatic N) is 2. The third kappa shape index (κ3) is 5.33. The first-order chi connectivity index (χ1) is 14.4. The van der Waals surface area contributed by atoms with Crippen LogP contribution in [0.5, 0.6) is 5.75 Å². The first-order valence-corrected chi connectivity index (χ1v) is 10.4. The number of nitro benzene ring substituents is 1. The van der Waals surface area contributed by atoms with E-state index in [1.807, 2.05) is 6.07 Å². The van der Waals surface area contributed by atoms with E-state index in [1.165, 1.54) is 25.0 Å². The molecule has 2 amide bonds. The van der Waals surface area contributed by atoms with Crippen molar-refractivity contribution in [1.82, 2.24) is 10.2 Å². The highest BCUT2D eigenvalue weighted by Gasteiger charge is 2.26. The van der Waals surface area contributed by atoms with E-state index in [4.69, 9.17) is 4.74 Å². The molecule has 0 spiro atoms. The maximum Gasteiger partial charge on any atom is 0.293 e. The topological polar surface area (TPSA) is 114 Å². The number of nitrogens with one attached hydrogen (secondary N) is 2. The summed E-state index contributed by atoms with van der Waals surface area (Å²) >= 11 is 1.73. The van der Waals surface area contributed by atoms with Gasteiger partial charge in [-0.05, 0) is 24.3 Å². The van der Waals surface area contributed by atoms with Crippen LogP contribution in [-0.4, -0.2) is 47.9 Å². The number of carbonyl (C=O) groups is 2. The summed E-state index contributed by atoms with van der Waals surface area (Å²) in [5.41, 5.74) is -0.302. The van der Waals surface area contributed by atoms with Gasteiger partial charge in [-0.2, -0.15) is 0 Å². The SMILES string of the molecule is COc1cc(NC(C)=O)c([N+](=O)[O-])cc1C(=O)NC1CCN(Cc2cccs2)CC1. The minimum Gasteiger partial charge on any atom is -0.496 e. The lowest BCUT2D eigenvalue weighted by molar-refractivity contribution is -0.384. The Morgan fingerprint density at radius 2 is 2.07 bits per heavy atom. The minimum absolute atomic E-state index is 0.0113. The van der Waals surface area contributed by atoms with Gasteiger partial charge in [-0.1, -0.05) is 6.07 Å². The Balaban J connectivity index is 1.68. The molecule has 0 aliphatic carbocycles. The zero-order chi connectivity index (χ0) is 21.7. The highest BCUT2D eigenvalue weighted by molar-refractivity contribution is 7.09. The summed E-state index contributed by atoms with van der Waals surface area (Å²) in [5, 5.41) is 18.8. The summed E-state index contributed by atoms with van der Waals surface area (Å²) in [4.78, 5) is 38.6. The molecule has 0 atom stereocenters. The van der Waals surface area contributed by atoms with Gasteiger partial charge in [-0.3, -0.25) is 24.6 Å². The number of methoxy groups -OCH3 is 1. The van der Waals surface area contributed by atoms with Crippen LogP contribution in [0.15, 0.2) is 29.6 Å². The zero-order valence-electron chi connectivity index (χ0n) is 16.8. The molecule has 0 radical (unpaired) electrons. The van der Waals surface area contributed by atoms with Crippen molar-refractivity contribution in [3.05, 3.63) is 50.2 Å². The van der Waals surface area contributed by atoms with Gasteiger partial charge in [-0.25, -0.2) is 0 Å². The third-order valence-electron chi connectivity index (χ3n) is 4.95. The normalized spacial score (nSPS) is 14.9. The Labute approximate surface area is 178 Å². The Hall–Kier alpha value is -2.98. The second-order valence-corrected chi connectivity index (χ2v) is 8.14. The molecule has 1 aliphatic heterocycles. The maximum atomic E-state index is 12.8. The predicted molar refractivity (Wildman–Crippen MR) is 114 cm³/mol. The highest BCUT2D eigenvalue weighted by atomic mass is 32.1. The molecule has 2 aromatic rings. The van der Waals surface area contributed by atoms with E-state index < -0.39 is 16.7 Å². The Bertz CT molecular complexity index is 924. The lowest BCUT2D eigenvalue weighted by Gasteiger charge is -2.32. The number of benzene rings is 1. The molecule has 0 unspecified atom stereocenters. The summed E-state index contributed by atoms with van der Waals surface area (Å²) in [7, 11) is 1.37. The van der Waals surface area contributed by atoms with Crippen molar-refractivity contribution >= 4 is 34.5 Å². The van der Waals surface area contributed by atoms with Gasteiger partial charge >= 0.3 is 0 Å². The van der Waals surface area contributed by atoms with Gasteiger partial charge in [0.2, 0.25) is 5.91 Å². The molecule has 0 bridgehead atoms. The molecule has 1 fully saturated rings. The second kappa shape index (κ2) is 9.68.